The van der Waals surface area contributed by atoms with Crippen LogP contribution in [-0.2, 0) is 4.79 Å². The molecule has 0 radical (unpaired) electrons. The number of pyridine rings is 1. The molecule has 168 valence electrons. The maximum Gasteiger partial charge on any atom is 0.250 e. The molecule has 1 N–H and O–H groups in total. The molecular formula is C23H22N6O3S. The second-order valence-electron chi connectivity index (χ2n) is 6.81. The lowest BCUT2D eigenvalue weighted by atomic mass is 10.2. The van der Waals surface area contributed by atoms with E-state index in [9.17, 15) is 4.79 Å². The van der Waals surface area contributed by atoms with Gasteiger partial charge in [0.15, 0.2) is 11.0 Å². The van der Waals surface area contributed by atoms with Gasteiger partial charge in [-0.05, 0) is 62.4 Å². The number of rotatable bonds is 9. The van der Waals surface area contributed by atoms with Crippen LogP contribution in [0.5, 0.6) is 5.75 Å². The largest absolute Gasteiger partial charge is 0.494 e. The maximum absolute atomic E-state index is 12.4. The molecule has 1 amide bonds. The summed E-state index contributed by atoms with van der Waals surface area (Å²) in [6, 6.07) is 14.9. The normalized spacial score (nSPS) is 11.4. The first-order chi connectivity index (χ1) is 16.2. The van der Waals surface area contributed by atoms with Crippen molar-refractivity contribution < 1.29 is 13.9 Å². The van der Waals surface area contributed by atoms with Crippen molar-refractivity contribution in [3.05, 3.63) is 72.9 Å². The molecule has 0 aliphatic rings. The predicted molar refractivity (Wildman–Crippen MR) is 126 cm³/mol. The van der Waals surface area contributed by atoms with Crippen molar-refractivity contribution in [3.8, 4) is 22.8 Å². The van der Waals surface area contributed by atoms with Crippen LogP contribution >= 0.6 is 11.8 Å². The highest BCUT2D eigenvalue weighted by molar-refractivity contribution is 7.99. The summed E-state index contributed by atoms with van der Waals surface area (Å²) in [6.07, 6.45) is 4.98. The molecular weight excluding hydrogens is 440 g/mol. The minimum atomic E-state index is -0.268. The number of nitrogens with one attached hydrogen (secondary N) is 1. The Labute approximate surface area is 194 Å². The van der Waals surface area contributed by atoms with Crippen molar-refractivity contribution in [1.29, 1.82) is 0 Å². The number of ether oxygens (including phenoxy) is 1. The summed E-state index contributed by atoms with van der Waals surface area (Å²) >= 11 is 1.26. The van der Waals surface area contributed by atoms with E-state index in [0.29, 0.717) is 29.1 Å². The summed E-state index contributed by atoms with van der Waals surface area (Å²) in [6.45, 7) is 4.29. The Bertz CT molecular complexity index is 1220. The Morgan fingerprint density at radius 1 is 1.18 bits per heavy atom. The predicted octanol–water partition coefficient (Wildman–Crippen LogP) is 3.95. The Morgan fingerprint density at radius 2 is 2.03 bits per heavy atom. The summed E-state index contributed by atoms with van der Waals surface area (Å²) in [5.41, 5.74) is 4.78. The van der Waals surface area contributed by atoms with E-state index in [-0.39, 0.29) is 11.7 Å². The van der Waals surface area contributed by atoms with Crippen molar-refractivity contribution in [2.24, 2.45) is 5.10 Å². The fraction of sp³-hybridized carbons (Fsp3) is 0.174. The molecule has 3 aromatic heterocycles. The van der Waals surface area contributed by atoms with Gasteiger partial charge in [0.2, 0.25) is 0 Å². The Balaban J connectivity index is 1.54. The first kappa shape index (κ1) is 22.3. The van der Waals surface area contributed by atoms with Gasteiger partial charge in [-0.2, -0.15) is 5.10 Å². The minimum Gasteiger partial charge on any atom is -0.494 e. The van der Waals surface area contributed by atoms with E-state index < -0.39 is 0 Å². The average molecular weight is 463 g/mol. The average Bonchev–Trinajstić information content (AvgIpc) is 3.53. The number of carbonyl (C=O) groups excluding carboxylic acids is 1. The first-order valence-electron chi connectivity index (χ1n) is 10.2. The van der Waals surface area contributed by atoms with E-state index in [0.717, 1.165) is 17.0 Å². The SMILES string of the molecule is CCOc1ccc(-n2c(SCC(=O)N/N=C(\C)c3ccco3)nnc2-c2cccnc2)cc1. The number of hydrazone groups is 1. The third kappa shape index (κ3) is 5.47. The van der Waals surface area contributed by atoms with Crippen molar-refractivity contribution in [3.63, 3.8) is 0 Å². The fourth-order valence-corrected chi connectivity index (χ4v) is 3.73. The van der Waals surface area contributed by atoms with Gasteiger partial charge in [0.05, 0.1) is 18.6 Å². The quantitative estimate of drug-likeness (QED) is 0.228. The highest BCUT2D eigenvalue weighted by atomic mass is 32.2. The van der Waals surface area contributed by atoms with Gasteiger partial charge in [0.25, 0.3) is 5.91 Å². The van der Waals surface area contributed by atoms with Gasteiger partial charge < -0.3 is 9.15 Å². The van der Waals surface area contributed by atoms with E-state index in [4.69, 9.17) is 9.15 Å². The van der Waals surface area contributed by atoms with Crippen LogP contribution in [0.3, 0.4) is 0 Å². The van der Waals surface area contributed by atoms with E-state index in [1.165, 1.54) is 11.8 Å². The first-order valence-corrected chi connectivity index (χ1v) is 11.2. The molecule has 0 fully saturated rings. The number of amides is 1. The zero-order chi connectivity index (χ0) is 23.0. The van der Waals surface area contributed by atoms with Crippen LogP contribution in [0.15, 0.2) is 81.9 Å². The van der Waals surface area contributed by atoms with Crippen LogP contribution < -0.4 is 10.2 Å². The standard InChI is InChI=1S/C23H22N6O3S/c1-3-31-19-10-8-18(9-11-19)29-22(17-6-4-12-24-14-17)27-28-23(29)33-15-21(30)26-25-16(2)20-7-5-13-32-20/h4-14H,3,15H2,1-2H3,(H,26,30)/b25-16+. The number of benzene rings is 1. The van der Waals surface area contributed by atoms with Crippen molar-refractivity contribution in [1.82, 2.24) is 25.2 Å². The van der Waals surface area contributed by atoms with Crippen LogP contribution in [0.1, 0.15) is 19.6 Å². The van der Waals surface area contributed by atoms with Crippen LogP contribution in [-0.4, -0.2) is 43.7 Å². The lowest BCUT2D eigenvalue weighted by Crippen LogP contribution is -2.21. The maximum atomic E-state index is 12.4. The molecule has 0 atom stereocenters. The highest BCUT2D eigenvalue weighted by Gasteiger charge is 2.17. The molecule has 0 spiro atoms. The monoisotopic (exact) mass is 462 g/mol. The molecule has 9 nitrogen and oxygen atoms in total. The molecule has 0 saturated heterocycles. The van der Waals surface area contributed by atoms with Gasteiger partial charge in [-0.15, -0.1) is 10.2 Å². The molecule has 33 heavy (non-hydrogen) atoms. The number of hydrogen-bond donors (Lipinski definition) is 1. The molecule has 0 saturated carbocycles. The molecule has 4 rings (SSSR count). The topological polar surface area (TPSA) is 107 Å². The third-order valence-electron chi connectivity index (χ3n) is 4.52. The molecule has 3 heterocycles. The lowest BCUT2D eigenvalue weighted by Gasteiger charge is -2.11. The molecule has 0 unspecified atom stereocenters. The Kier molecular flexibility index (Phi) is 7.16. The van der Waals surface area contributed by atoms with Crippen LogP contribution in [0, 0.1) is 0 Å². The Morgan fingerprint density at radius 3 is 2.73 bits per heavy atom. The summed E-state index contributed by atoms with van der Waals surface area (Å²) in [5, 5.41) is 13.3. The number of carbonyl (C=O) groups is 1. The number of nitrogens with zero attached hydrogens (tertiary/aromatic N) is 5. The van der Waals surface area contributed by atoms with Crippen molar-refractivity contribution in [2.45, 2.75) is 19.0 Å². The van der Waals surface area contributed by atoms with Gasteiger partial charge >= 0.3 is 0 Å². The molecule has 10 heteroatoms. The smallest absolute Gasteiger partial charge is 0.250 e. The highest BCUT2D eigenvalue weighted by Crippen LogP contribution is 2.28. The van der Waals surface area contributed by atoms with Gasteiger partial charge in [-0.1, -0.05) is 11.8 Å². The van der Waals surface area contributed by atoms with E-state index in [2.05, 4.69) is 25.7 Å². The second kappa shape index (κ2) is 10.6. The minimum absolute atomic E-state index is 0.108. The second-order valence-corrected chi connectivity index (χ2v) is 7.75. The number of furan rings is 1. The summed E-state index contributed by atoms with van der Waals surface area (Å²) in [5.74, 6) is 1.84. The van der Waals surface area contributed by atoms with E-state index in [1.54, 1.807) is 37.7 Å². The van der Waals surface area contributed by atoms with Crippen LogP contribution in [0.4, 0.5) is 0 Å². The van der Waals surface area contributed by atoms with E-state index >= 15 is 0 Å². The summed E-state index contributed by atoms with van der Waals surface area (Å²) < 4.78 is 12.7. The number of aromatic nitrogens is 4. The van der Waals surface area contributed by atoms with Gasteiger partial charge in [-0.25, -0.2) is 5.43 Å². The van der Waals surface area contributed by atoms with E-state index in [1.807, 2.05) is 47.9 Å². The number of hydrogen-bond acceptors (Lipinski definition) is 8. The summed E-state index contributed by atoms with van der Waals surface area (Å²) in [4.78, 5) is 16.6. The molecule has 0 aliphatic carbocycles. The molecule has 0 aliphatic heterocycles. The summed E-state index contributed by atoms with van der Waals surface area (Å²) in [7, 11) is 0. The van der Waals surface area contributed by atoms with Crippen LogP contribution in [0.2, 0.25) is 0 Å². The number of thioether (sulfide) groups is 1. The van der Waals surface area contributed by atoms with Gasteiger partial charge in [0, 0.05) is 23.6 Å². The van der Waals surface area contributed by atoms with Crippen LogP contribution in [0.25, 0.3) is 17.1 Å². The van der Waals surface area contributed by atoms with Crippen molar-refractivity contribution >= 4 is 23.4 Å². The van der Waals surface area contributed by atoms with Crippen molar-refractivity contribution in [2.75, 3.05) is 12.4 Å². The zero-order valence-corrected chi connectivity index (χ0v) is 19.0. The third-order valence-corrected chi connectivity index (χ3v) is 5.45. The Hall–Kier alpha value is -3.92. The molecule has 0 bridgehead atoms. The lowest BCUT2D eigenvalue weighted by molar-refractivity contribution is -0.118. The van der Waals surface area contributed by atoms with Gasteiger partial charge in [0.1, 0.15) is 17.2 Å². The molecule has 1 aromatic carbocycles. The molecule has 4 aromatic rings. The zero-order valence-electron chi connectivity index (χ0n) is 18.1. The fourth-order valence-electron chi connectivity index (χ4n) is 2.98. The van der Waals surface area contributed by atoms with Gasteiger partial charge in [-0.3, -0.25) is 14.3 Å².